The standard InChI is InChI=1S/C25H24F2N2O5/c26-25(27)10-21(23(31)32)29(13-25)22(30)19-9-14(19)11-28-24(33)34-12-20-17-7-3-1-5-15(17)16-6-2-4-8-18(16)20/h1-8,14,19-21H,9-13H2,(H,28,33)(H,31,32)/t14-,19-,21-/m1/s1. The number of nitrogens with zero attached hydrogens (tertiary/aromatic N) is 1. The molecule has 7 nitrogen and oxygen atoms in total. The van der Waals surface area contributed by atoms with Crippen molar-refractivity contribution in [1.29, 1.82) is 0 Å². The van der Waals surface area contributed by atoms with E-state index in [2.05, 4.69) is 5.32 Å². The van der Waals surface area contributed by atoms with Gasteiger partial charge in [-0.1, -0.05) is 48.5 Å². The number of amides is 2. The maximum Gasteiger partial charge on any atom is 0.407 e. The molecule has 2 aromatic rings. The Hall–Kier alpha value is -3.49. The zero-order chi connectivity index (χ0) is 24.0. The zero-order valence-corrected chi connectivity index (χ0v) is 18.2. The average molecular weight is 470 g/mol. The first-order valence-electron chi connectivity index (χ1n) is 11.2. The number of carboxylic acids is 1. The molecule has 2 aliphatic carbocycles. The van der Waals surface area contributed by atoms with Gasteiger partial charge in [0.25, 0.3) is 5.92 Å². The molecule has 2 amide bonds. The number of hydrogen-bond donors (Lipinski definition) is 2. The summed E-state index contributed by atoms with van der Waals surface area (Å²) >= 11 is 0. The maximum atomic E-state index is 13.7. The van der Waals surface area contributed by atoms with Gasteiger partial charge in [-0.05, 0) is 34.6 Å². The number of aliphatic carboxylic acids is 1. The van der Waals surface area contributed by atoms with Crippen molar-refractivity contribution in [2.24, 2.45) is 11.8 Å². The van der Waals surface area contributed by atoms with E-state index in [0.29, 0.717) is 6.42 Å². The molecule has 1 saturated carbocycles. The van der Waals surface area contributed by atoms with Gasteiger partial charge in [-0.2, -0.15) is 0 Å². The van der Waals surface area contributed by atoms with Gasteiger partial charge >= 0.3 is 12.1 Å². The number of likely N-dealkylation sites (tertiary alicyclic amines) is 1. The second-order valence-electron chi connectivity index (χ2n) is 9.19. The summed E-state index contributed by atoms with van der Waals surface area (Å²) in [5.41, 5.74) is 4.44. The largest absolute Gasteiger partial charge is 0.480 e. The quantitative estimate of drug-likeness (QED) is 0.674. The molecule has 2 N–H and O–H groups in total. The summed E-state index contributed by atoms with van der Waals surface area (Å²) in [4.78, 5) is 36.9. The SMILES string of the molecule is O=C(NC[C@H]1C[C@H]1C(=O)N1CC(F)(F)C[C@@H]1C(=O)O)OCC1c2ccccc2-c2ccccc21. The first-order valence-corrected chi connectivity index (χ1v) is 11.2. The molecule has 2 fully saturated rings. The lowest BCUT2D eigenvalue weighted by atomic mass is 9.98. The molecule has 0 aromatic heterocycles. The molecule has 0 unspecified atom stereocenters. The van der Waals surface area contributed by atoms with Crippen molar-refractivity contribution >= 4 is 18.0 Å². The molecule has 3 atom stereocenters. The van der Waals surface area contributed by atoms with Gasteiger partial charge in [0, 0.05) is 24.8 Å². The minimum atomic E-state index is -3.21. The lowest BCUT2D eigenvalue weighted by Crippen LogP contribution is -2.42. The number of fused-ring (bicyclic) bond motifs is 3. The van der Waals surface area contributed by atoms with Gasteiger partial charge in [-0.3, -0.25) is 4.79 Å². The maximum absolute atomic E-state index is 13.7. The predicted octanol–water partition coefficient (Wildman–Crippen LogP) is 3.48. The second-order valence-corrected chi connectivity index (χ2v) is 9.19. The first-order chi connectivity index (χ1) is 16.2. The summed E-state index contributed by atoms with van der Waals surface area (Å²) < 4.78 is 32.8. The van der Waals surface area contributed by atoms with Crippen LogP contribution in [0.4, 0.5) is 13.6 Å². The van der Waals surface area contributed by atoms with Crippen LogP contribution in [0, 0.1) is 11.8 Å². The number of nitrogens with one attached hydrogen (secondary N) is 1. The molecule has 1 saturated heterocycles. The fourth-order valence-electron chi connectivity index (χ4n) is 5.12. The normalized spacial score (nSPS) is 24.3. The predicted molar refractivity (Wildman–Crippen MR) is 117 cm³/mol. The van der Waals surface area contributed by atoms with Gasteiger partial charge in [-0.25, -0.2) is 18.4 Å². The molecule has 0 spiro atoms. The molecular weight excluding hydrogens is 446 g/mol. The molecule has 5 rings (SSSR count). The van der Waals surface area contributed by atoms with Crippen LogP contribution in [-0.2, 0) is 14.3 Å². The van der Waals surface area contributed by atoms with Crippen LogP contribution in [0.2, 0.25) is 0 Å². The molecule has 3 aliphatic rings. The van der Waals surface area contributed by atoms with Gasteiger partial charge in [0.05, 0.1) is 6.54 Å². The van der Waals surface area contributed by atoms with Crippen LogP contribution < -0.4 is 5.32 Å². The minimum absolute atomic E-state index is 0.0711. The van der Waals surface area contributed by atoms with Crippen LogP contribution in [0.5, 0.6) is 0 Å². The number of rotatable bonds is 6. The Labute approximate surface area is 194 Å². The zero-order valence-electron chi connectivity index (χ0n) is 18.2. The van der Waals surface area contributed by atoms with E-state index in [4.69, 9.17) is 4.74 Å². The first kappa shape index (κ1) is 22.3. The van der Waals surface area contributed by atoms with Gasteiger partial charge in [0.2, 0.25) is 5.91 Å². The number of carboxylic acid groups (broad SMARTS) is 1. The van der Waals surface area contributed by atoms with E-state index in [1.165, 1.54) is 0 Å². The highest BCUT2D eigenvalue weighted by molar-refractivity contribution is 5.88. The number of halogens is 2. The third-order valence-corrected chi connectivity index (χ3v) is 6.93. The van der Waals surface area contributed by atoms with Crippen molar-refractivity contribution in [3.63, 3.8) is 0 Å². The van der Waals surface area contributed by atoms with Crippen molar-refractivity contribution in [1.82, 2.24) is 10.2 Å². The minimum Gasteiger partial charge on any atom is -0.480 e. The Balaban J connectivity index is 1.13. The Morgan fingerprint density at radius 3 is 2.29 bits per heavy atom. The van der Waals surface area contributed by atoms with Gasteiger partial charge < -0.3 is 20.1 Å². The Bertz CT molecular complexity index is 1110. The van der Waals surface area contributed by atoms with E-state index >= 15 is 0 Å². The number of hydrogen-bond acceptors (Lipinski definition) is 4. The van der Waals surface area contributed by atoms with Crippen molar-refractivity contribution in [3.05, 3.63) is 59.7 Å². The van der Waals surface area contributed by atoms with Gasteiger partial charge in [0.1, 0.15) is 12.6 Å². The monoisotopic (exact) mass is 470 g/mol. The van der Waals surface area contributed by atoms with E-state index in [1.54, 1.807) is 0 Å². The Kier molecular flexibility index (Phi) is 5.50. The van der Waals surface area contributed by atoms with Crippen molar-refractivity contribution in [2.45, 2.75) is 30.7 Å². The Morgan fingerprint density at radius 1 is 1.06 bits per heavy atom. The van der Waals surface area contributed by atoms with Crippen LogP contribution in [0.15, 0.2) is 48.5 Å². The lowest BCUT2D eigenvalue weighted by Gasteiger charge is -2.21. The van der Waals surface area contributed by atoms with E-state index < -0.39 is 48.8 Å². The molecule has 2 aromatic carbocycles. The number of carbonyl (C=O) groups is 3. The van der Waals surface area contributed by atoms with E-state index in [9.17, 15) is 28.3 Å². The van der Waals surface area contributed by atoms with Crippen molar-refractivity contribution in [3.8, 4) is 11.1 Å². The van der Waals surface area contributed by atoms with E-state index in [0.717, 1.165) is 27.2 Å². The number of alkyl halides is 2. The molecule has 0 bridgehead atoms. The highest BCUT2D eigenvalue weighted by atomic mass is 19.3. The third-order valence-electron chi connectivity index (χ3n) is 6.93. The molecule has 34 heavy (non-hydrogen) atoms. The molecule has 1 heterocycles. The summed E-state index contributed by atoms with van der Waals surface area (Å²) in [6.45, 7) is -0.559. The van der Waals surface area contributed by atoms with Gasteiger partial charge in [-0.15, -0.1) is 0 Å². The number of ether oxygens (including phenoxy) is 1. The molecule has 1 aliphatic heterocycles. The average Bonchev–Trinajstić information content (AvgIpc) is 3.42. The number of benzene rings is 2. The van der Waals surface area contributed by atoms with Crippen LogP contribution in [0.25, 0.3) is 11.1 Å². The smallest absolute Gasteiger partial charge is 0.407 e. The topological polar surface area (TPSA) is 95.9 Å². The molecule has 0 radical (unpaired) electrons. The second kappa shape index (κ2) is 8.38. The van der Waals surface area contributed by atoms with Crippen LogP contribution >= 0.6 is 0 Å². The van der Waals surface area contributed by atoms with E-state index in [-0.39, 0.29) is 25.0 Å². The number of alkyl carbamates (subject to hydrolysis) is 1. The fourth-order valence-corrected chi connectivity index (χ4v) is 5.12. The van der Waals surface area contributed by atoms with Gasteiger partial charge in [0.15, 0.2) is 0 Å². The van der Waals surface area contributed by atoms with Crippen molar-refractivity contribution in [2.75, 3.05) is 19.7 Å². The highest BCUT2D eigenvalue weighted by Gasteiger charge is 2.54. The molecule has 178 valence electrons. The highest BCUT2D eigenvalue weighted by Crippen LogP contribution is 2.45. The van der Waals surface area contributed by atoms with E-state index in [1.807, 2.05) is 48.5 Å². The van der Waals surface area contributed by atoms with Crippen LogP contribution in [0.3, 0.4) is 0 Å². The lowest BCUT2D eigenvalue weighted by molar-refractivity contribution is -0.148. The van der Waals surface area contributed by atoms with Crippen molar-refractivity contribution < 1.29 is 33.0 Å². The summed E-state index contributed by atoms with van der Waals surface area (Å²) in [7, 11) is 0. The summed E-state index contributed by atoms with van der Waals surface area (Å²) in [6.07, 6.45) is -1.07. The van der Waals surface area contributed by atoms with Crippen LogP contribution in [0.1, 0.15) is 29.9 Å². The number of carbonyl (C=O) groups excluding carboxylic acids is 2. The summed E-state index contributed by atoms with van der Waals surface area (Å²) in [5, 5.41) is 11.8. The van der Waals surface area contributed by atoms with Crippen LogP contribution in [-0.4, -0.2) is 59.6 Å². The fraction of sp³-hybridized carbons (Fsp3) is 0.400. The molecular formula is C25H24F2N2O5. The molecule has 9 heteroatoms. The third kappa shape index (κ3) is 4.10. The summed E-state index contributed by atoms with van der Waals surface area (Å²) in [6, 6.07) is 14.5. The summed E-state index contributed by atoms with van der Waals surface area (Å²) in [5.74, 6) is -6.09. The Morgan fingerprint density at radius 2 is 1.68 bits per heavy atom.